The first-order valence-electron chi connectivity index (χ1n) is 11.1. The van der Waals surface area contributed by atoms with Crippen molar-refractivity contribution in [2.75, 3.05) is 26.2 Å². The standard InChI is InChI=1S/C22H34N4O3/c1-14(2)9-17-10-19(24-23-17)21(28)25-7-5-22(6-8-25)11-18(22)20(27)26-12-15(3)29-16(4)13-26/h10,14-16,18H,5-9,11-13H2,1-4H3,(H,23,24)/t15-,16+,18-/m1/s1. The van der Waals surface area contributed by atoms with Crippen LogP contribution in [0.25, 0.3) is 0 Å². The molecule has 3 aliphatic rings. The molecule has 0 aromatic carbocycles. The topological polar surface area (TPSA) is 78.5 Å². The van der Waals surface area contributed by atoms with Gasteiger partial charge < -0.3 is 14.5 Å². The molecule has 2 aliphatic heterocycles. The van der Waals surface area contributed by atoms with Crippen LogP contribution in [0, 0.1) is 17.3 Å². The van der Waals surface area contributed by atoms with Gasteiger partial charge in [0.2, 0.25) is 5.91 Å². The van der Waals surface area contributed by atoms with Crippen LogP contribution in [0.2, 0.25) is 0 Å². The van der Waals surface area contributed by atoms with Gasteiger partial charge in [0.1, 0.15) is 5.69 Å². The van der Waals surface area contributed by atoms with Gasteiger partial charge in [-0.05, 0) is 56.9 Å². The molecule has 7 heteroatoms. The number of hydrogen-bond acceptors (Lipinski definition) is 4. The first-order valence-corrected chi connectivity index (χ1v) is 11.1. The molecule has 29 heavy (non-hydrogen) atoms. The lowest BCUT2D eigenvalue weighted by molar-refractivity contribution is -0.145. The number of piperidine rings is 1. The predicted octanol–water partition coefficient (Wildman–Crippen LogP) is 2.49. The average Bonchev–Trinajstić information content (AvgIpc) is 3.14. The molecule has 1 aromatic heterocycles. The van der Waals surface area contributed by atoms with Crippen molar-refractivity contribution >= 4 is 11.8 Å². The molecule has 2 amide bonds. The van der Waals surface area contributed by atoms with E-state index >= 15 is 0 Å². The number of nitrogens with zero attached hydrogens (tertiary/aromatic N) is 3. The van der Waals surface area contributed by atoms with Gasteiger partial charge in [-0.1, -0.05) is 13.8 Å². The highest BCUT2D eigenvalue weighted by molar-refractivity contribution is 5.92. The molecule has 0 radical (unpaired) electrons. The zero-order valence-electron chi connectivity index (χ0n) is 18.1. The van der Waals surface area contributed by atoms with Crippen molar-refractivity contribution in [3.63, 3.8) is 0 Å². The Kier molecular flexibility index (Phi) is 5.44. The number of nitrogens with one attached hydrogen (secondary N) is 1. The molecule has 0 unspecified atom stereocenters. The van der Waals surface area contributed by atoms with Gasteiger partial charge in [0.25, 0.3) is 5.91 Å². The Labute approximate surface area is 173 Å². The molecule has 1 saturated carbocycles. The van der Waals surface area contributed by atoms with Gasteiger partial charge in [0.05, 0.1) is 12.2 Å². The maximum atomic E-state index is 13.0. The minimum atomic E-state index is 0.00506. The van der Waals surface area contributed by atoms with Crippen LogP contribution < -0.4 is 0 Å². The van der Waals surface area contributed by atoms with E-state index in [9.17, 15) is 9.59 Å². The van der Waals surface area contributed by atoms with E-state index in [2.05, 4.69) is 24.0 Å². The summed E-state index contributed by atoms with van der Waals surface area (Å²) in [4.78, 5) is 29.7. The first-order chi connectivity index (χ1) is 13.8. The van der Waals surface area contributed by atoms with Crippen LogP contribution in [0.4, 0.5) is 0 Å². The third-order valence-corrected chi connectivity index (χ3v) is 6.74. The lowest BCUT2D eigenvalue weighted by Crippen LogP contribution is -2.49. The fourth-order valence-corrected chi connectivity index (χ4v) is 5.16. The van der Waals surface area contributed by atoms with Crippen molar-refractivity contribution < 1.29 is 14.3 Å². The van der Waals surface area contributed by atoms with Gasteiger partial charge in [0.15, 0.2) is 0 Å². The van der Waals surface area contributed by atoms with Gasteiger partial charge >= 0.3 is 0 Å². The Morgan fingerprint density at radius 1 is 1.21 bits per heavy atom. The van der Waals surface area contributed by atoms with Gasteiger partial charge in [-0.2, -0.15) is 5.10 Å². The van der Waals surface area contributed by atoms with Gasteiger partial charge in [-0.25, -0.2) is 0 Å². The van der Waals surface area contributed by atoms with Crippen molar-refractivity contribution in [1.82, 2.24) is 20.0 Å². The van der Waals surface area contributed by atoms with Crippen LogP contribution in [-0.2, 0) is 16.0 Å². The van der Waals surface area contributed by atoms with Crippen LogP contribution >= 0.6 is 0 Å². The number of rotatable bonds is 4. The Morgan fingerprint density at radius 3 is 2.48 bits per heavy atom. The summed E-state index contributed by atoms with van der Waals surface area (Å²) in [7, 11) is 0. The lowest BCUT2D eigenvalue weighted by atomic mass is 9.90. The molecule has 1 N–H and O–H groups in total. The van der Waals surface area contributed by atoms with Crippen LogP contribution in [0.1, 0.15) is 63.1 Å². The maximum Gasteiger partial charge on any atom is 0.274 e. The van der Waals surface area contributed by atoms with Gasteiger partial charge in [-0.15, -0.1) is 0 Å². The molecule has 7 nitrogen and oxygen atoms in total. The fourth-order valence-electron chi connectivity index (χ4n) is 5.16. The number of H-pyrrole nitrogens is 1. The number of aromatic amines is 1. The van der Waals surface area contributed by atoms with Gasteiger partial charge in [0, 0.05) is 37.8 Å². The zero-order chi connectivity index (χ0) is 20.8. The number of carbonyl (C=O) groups excluding carboxylic acids is 2. The molecule has 1 spiro atoms. The fraction of sp³-hybridized carbons (Fsp3) is 0.773. The summed E-state index contributed by atoms with van der Waals surface area (Å²) in [6.45, 7) is 11.2. The van der Waals surface area contributed by atoms with Crippen LogP contribution in [-0.4, -0.2) is 70.2 Å². The van der Waals surface area contributed by atoms with Gasteiger partial charge in [-0.3, -0.25) is 14.7 Å². The van der Waals surface area contributed by atoms with E-state index < -0.39 is 0 Å². The third-order valence-electron chi connectivity index (χ3n) is 6.74. The van der Waals surface area contributed by atoms with Crippen molar-refractivity contribution in [3.8, 4) is 0 Å². The van der Waals surface area contributed by atoms with Crippen molar-refractivity contribution in [1.29, 1.82) is 0 Å². The summed E-state index contributed by atoms with van der Waals surface area (Å²) < 4.78 is 5.76. The molecular formula is C22H34N4O3. The predicted molar refractivity (Wildman–Crippen MR) is 109 cm³/mol. The second-order valence-electron chi connectivity index (χ2n) is 9.79. The molecule has 1 aromatic rings. The minimum absolute atomic E-state index is 0.00506. The number of ether oxygens (including phenoxy) is 1. The Hall–Kier alpha value is -1.89. The number of likely N-dealkylation sites (tertiary alicyclic amines) is 1. The molecular weight excluding hydrogens is 368 g/mol. The van der Waals surface area contributed by atoms with E-state index in [0.717, 1.165) is 31.4 Å². The van der Waals surface area contributed by atoms with E-state index in [1.54, 1.807) is 0 Å². The summed E-state index contributed by atoms with van der Waals surface area (Å²) in [6, 6.07) is 1.89. The number of morpholine rings is 1. The van der Waals surface area contributed by atoms with Crippen molar-refractivity contribution in [2.45, 2.75) is 65.6 Å². The molecule has 0 bridgehead atoms. The van der Waals surface area contributed by atoms with Crippen molar-refractivity contribution in [2.24, 2.45) is 17.3 Å². The number of hydrogen-bond donors (Lipinski definition) is 1. The quantitative estimate of drug-likeness (QED) is 0.839. The second kappa shape index (κ2) is 7.74. The highest BCUT2D eigenvalue weighted by atomic mass is 16.5. The number of carbonyl (C=O) groups is 2. The SMILES string of the molecule is CC(C)Cc1cc(C(=O)N2CCC3(CC2)C[C@@H]3C(=O)N2C[C@@H](C)O[C@@H](C)C2)n[nH]1. The van der Waals surface area contributed by atoms with E-state index in [1.807, 2.05) is 29.7 Å². The summed E-state index contributed by atoms with van der Waals surface area (Å²) in [5, 5.41) is 7.22. The van der Waals surface area contributed by atoms with Crippen LogP contribution in [0.3, 0.4) is 0 Å². The summed E-state index contributed by atoms with van der Waals surface area (Å²) >= 11 is 0. The highest BCUT2D eigenvalue weighted by Crippen LogP contribution is 2.60. The lowest BCUT2D eigenvalue weighted by Gasteiger charge is -2.37. The Balaban J connectivity index is 1.31. The van der Waals surface area contributed by atoms with E-state index in [-0.39, 0.29) is 35.4 Å². The van der Waals surface area contributed by atoms with Crippen LogP contribution in [0.5, 0.6) is 0 Å². The Morgan fingerprint density at radius 2 is 1.86 bits per heavy atom. The highest BCUT2D eigenvalue weighted by Gasteiger charge is 2.59. The molecule has 160 valence electrons. The molecule has 1 aliphatic carbocycles. The largest absolute Gasteiger partial charge is 0.372 e. The molecule has 3 heterocycles. The number of aromatic nitrogens is 2. The maximum absolute atomic E-state index is 13.0. The van der Waals surface area contributed by atoms with Crippen LogP contribution in [0.15, 0.2) is 6.07 Å². The molecule has 4 rings (SSSR count). The van der Waals surface area contributed by atoms with Crippen molar-refractivity contribution in [3.05, 3.63) is 17.5 Å². The summed E-state index contributed by atoms with van der Waals surface area (Å²) in [6.07, 6.45) is 3.89. The van der Waals surface area contributed by atoms with E-state index in [4.69, 9.17) is 4.74 Å². The molecule has 3 atom stereocenters. The summed E-state index contributed by atoms with van der Waals surface area (Å²) in [5.41, 5.74) is 1.63. The Bertz CT molecular complexity index is 756. The third kappa shape index (κ3) is 4.20. The monoisotopic (exact) mass is 402 g/mol. The summed E-state index contributed by atoms with van der Waals surface area (Å²) in [5.74, 6) is 0.943. The number of amides is 2. The molecule has 3 fully saturated rings. The zero-order valence-corrected chi connectivity index (χ0v) is 18.1. The first kappa shape index (κ1) is 20.4. The minimum Gasteiger partial charge on any atom is -0.372 e. The van der Waals surface area contributed by atoms with E-state index in [0.29, 0.717) is 37.8 Å². The smallest absolute Gasteiger partial charge is 0.274 e. The van der Waals surface area contributed by atoms with E-state index in [1.165, 1.54) is 0 Å². The normalized spacial score (nSPS) is 28.8. The average molecular weight is 403 g/mol. The second-order valence-corrected chi connectivity index (χ2v) is 9.79. The molecule has 2 saturated heterocycles.